The summed E-state index contributed by atoms with van der Waals surface area (Å²) in [6.45, 7) is 4.20. The van der Waals surface area contributed by atoms with Crippen LogP contribution < -0.4 is 0 Å². The van der Waals surface area contributed by atoms with E-state index < -0.39 is 0 Å². The van der Waals surface area contributed by atoms with E-state index in [1.807, 2.05) is 0 Å². The fourth-order valence-corrected chi connectivity index (χ4v) is 2.34. The maximum Gasteiger partial charge on any atom is 0.315 e. The van der Waals surface area contributed by atoms with Crippen LogP contribution in [0.25, 0.3) is 0 Å². The predicted molar refractivity (Wildman–Crippen MR) is 50.4 cm³/mol. The summed E-state index contributed by atoms with van der Waals surface area (Å²) in [5.74, 6) is 0.689. The fraction of sp³-hybridized carbons (Fsp3) is 0.700. The van der Waals surface area contributed by atoms with Gasteiger partial charge in [-0.15, -0.1) is 11.6 Å². The monoisotopic (exact) mass is 200 g/mol. The Morgan fingerprint density at radius 2 is 2.23 bits per heavy atom. The minimum Gasteiger partial charge on any atom is -0.430 e. The van der Waals surface area contributed by atoms with Crippen LogP contribution in [0.4, 0.5) is 0 Å². The molecule has 0 aromatic carbocycles. The molecule has 0 N–H and O–H groups in total. The van der Waals surface area contributed by atoms with E-state index >= 15 is 0 Å². The molecule has 2 aliphatic rings. The van der Waals surface area contributed by atoms with Crippen molar-refractivity contribution in [3.63, 3.8) is 0 Å². The second-order valence-electron chi connectivity index (χ2n) is 4.40. The van der Waals surface area contributed by atoms with Crippen LogP contribution in [0.15, 0.2) is 11.3 Å². The normalized spacial score (nSPS) is 31.6. The van der Waals surface area contributed by atoms with Gasteiger partial charge in [-0.25, -0.2) is 0 Å². The number of ether oxygens (including phenoxy) is 1. The first-order valence-electron chi connectivity index (χ1n) is 4.59. The zero-order valence-electron chi connectivity index (χ0n) is 7.89. The van der Waals surface area contributed by atoms with Crippen LogP contribution in [-0.2, 0) is 9.53 Å². The quantitative estimate of drug-likeness (QED) is 0.444. The summed E-state index contributed by atoms with van der Waals surface area (Å²) < 4.78 is 5.21. The highest BCUT2D eigenvalue weighted by Crippen LogP contribution is 2.46. The third kappa shape index (κ3) is 1.37. The van der Waals surface area contributed by atoms with Gasteiger partial charge in [0.1, 0.15) is 5.76 Å². The van der Waals surface area contributed by atoms with E-state index in [1.165, 1.54) is 0 Å². The molecule has 0 fully saturated rings. The third-order valence-corrected chi connectivity index (χ3v) is 3.34. The highest BCUT2D eigenvalue weighted by atomic mass is 35.5. The molecular formula is C10H13ClO2. The fourth-order valence-electron chi connectivity index (χ4n) is 2.05. The van der Waals surface area contributed by atoms with Crippen LogP contribution in [0.2, 0.25) is 0 Å². The molecular weight excluding hydrogens is 188 g/mol. The van der Waals surface area contributed by atoms with Crippen molar-refractivity contribution in [3.05, 3.63) is 11.3 Å². The van der Waals surface area contributed by atoms with Gasteiger partial charge in [0.05, 0.1) is 11.8 Å². The number of carbonyl (C=O) groups excluding carboxylic acids is 1. The molecule has 2 rings (SSSR count). The molecule has 72 valence electrons. The molecule has 0 saturated heterocycles. The number of alkyl halides is 1. The number of carbonyl (C=O) groups is 1. The van der Waals surface area contributed by atoms with Gasteiger partial charge in [0.2, 0.25) is 0 Å². The average molecular weight is 201 g/mol. The molecule has 0 radical (unpaired) electrons. The van der Waals surface area contributed by atoms with E-state index in [4.69, 9.17) is 16.3 Å². The Morgan fingerprint density at radius 1 is 1.54 bits per heavy atom. The molecule has 0 bridgehead atoms. The van der Waals surface area contributed by atoms with E-state index in [0.717, 1.165) is 24.2 Å². The molecule has 1 unspecified atom stereocenters. The van der Waals surface area contributed by atoms with Crippen LogP contribution in [0.3, 0.4) is 0 Å². The number of rotatable bonds is 0. The summed E-state index contributed by atoms with van der Waals surface area (Å²) in [6.07, 6.45) is 2.34. The van der Waals surface area contributed by atoms with Gasteiger partial charge in [-0.05, 0) is 18.4 Å². The zero-order valence-corrected chi connectivity index (χ0v) is 8.65. The lowest BCUT2D eigenvalue weighted by Gasteiger charge is -2.31. The van der Waals surface area contributed by atoms with Crippen LogP contribution in [0, 0.1) is 5.41 Å². The highest BCUT2D eigenvalue weighted by Gasteiger charge is 2.41. The van der Waals surface area contributed by atoms with Crippen molar-refractivity contribution < 1.29 is 9.53 Å². The van der Waals surface area contributed by atoms with Crippen LogP contribution in [0.1, 0.15) is 33.1 Å². The smallest absolute Gasteiger partial charge is 0.315 e. The molecule has 0 aromatic heterocycles. The molecule has 1 atom stereocenters. The molecule has 1 aliphatic heterocycles. The Kier molecular flexibility index (Phi) is 1.91. The Balaban J connectivity index is 2.39. The largest absolute Gasteiger partial charge is 0.430 e. The number of halogens is 1. The Labute approximate surface area is 82.9 Å². The minimum atomic E-state index is -0.148. The number of hydrogen-bond acceptors (Lipinski definition) is 2. The number of hydrogen-bond donors (Lipinski definition) is 0. The van der Waals surface area contributed by atoms with Crippen molar-refractivity contribution >= 4 is 17.6 Å². The standard InChI is InChI=1S/C10H13ClO2/c1-10(2)4-3-7(11)6-5-8(12)13-9(6)10/h7H,3-5H2,1-2H3. The summed E-state index contributed by atoms with van der Waals surface area (Å²) in [6, 6.07) is 0. The lowest BCUT2D eigenvalue weighted by Crippen LogP contribution is -2.24. The van der Waals surface area contributed by atoms with Crippen molar-refractivity contribution in [2.45, 2.75) is 38.5 Å². The maximum atomic E-state index is 11.1. The summed E-state index contributed by atoms with van der Waals surface area (Å²) in [4.78, 5) is 11.1. The average Bonchev–Trinajstić information content (AvgIpc) is 2.42. The number of esters is 1. The Morgan fingerprint density at radius 3 is 2.85 bits per heavy atom. The first kappa shape index (κ1) is 9.07. The zero-order chi connectivity index (χ0) is 9.64. The lowest BCUT2D eigenvalue weighted by atomic mass is 9.77. The minimum absolute atomic E-state index is 0.00706. The van der Waals surface area contributed by atoms with Gasteiger partial charge < -0.3 is 4.74 Å². The van der Waals surface area contributed by atoms with E-state index in [0.29, 0.717) is 6.42 Å². The second-order valence-corrected chi connectivity index (χ2v) is 4.92. The van der Waals surface area contributed by atoms with Crippen molar-refractivity contribution in [3.8, 4) is 0 Å². The first-order chi connectivity index (χ1) is 6.00. The summed E-state index contributed by atoms with van der Waals surface area (Å²) in [5.41, 5.74) is 1.01. The van der Waals surface area contributed by atoms with Gasteiger partial charge in [0.15, 0.2) is 0 Å². The van der Waals surface area contributed by atoms with Gasteiger partial charge in [-0.2, -0.15) is 0 Å². The summed E-state index contributed by atoms with van der Waals surface area (Å²) in [7, 11) is 0. The first-order valence-corrected chi connectivity index (χ1v) is 5.02. The summed E-state index contributed by atoms with van der Waals surface area (Å²) in [5, 5.41) is 0.00877. The van der Waals surface area contributed by atoms with Crippen molar-refractivity contribution in [1.29, 1.82) is 0 Å². The molecule has 1 heterocycles. The maximum absolute atomic E-state index is 11.1. The molecule has 0 amide bonds. The molecule has 0 spiro atoms. The van der Waals surface area contributed by atoms with E-state index in [2.05, 4.69) is 13.8 Å². The topological polar surface area (TPSA) is 26.3 Å². The Hall–Kier alpha value is -0.500. The lowest BCUT2D eigenvalue weighted by molar-refractivity contribution is -0.137. The summed E-state index contributed by atoms with van der Waals surface area (Å²) >= 11 is 6.12. The van der Waals surface area contributed by atoms with Crippen molar-refractivity contribution in [2.24, 2.45) is 5.41 Å². The molecule has 0 saturated carbocycles. The van der Waals surface area contributed by atoms with Gasteiger partial charge >= 0.3 is 5.97 Å². The molecule has 0 aromatic rings. The SMILES string of the molecule is CC1(C)CCC(Cl)C2=C1OC(=O)C2. The van der Waals surface area contributed by atoms with Crippen LogP contribution in [0.5, 0.6) is 0 Å². The van der Waals surface area contributed by atoms with E-state index in [-0.39, 0.29) is 16.8 Å². The highest BCUT2D eigenvalue weighted by molar-refractivity contribution is 6.22. The van der Waals surface area contributed by atoms with Crippen LogP contribution in [-0.4, -0.2) is 11.3 Å². The van der Waals surface area contributed by atoms with Gasteiger partial charge in [-0.3, -0.25) is 4.79 Å². The van der Waals surface area contributed by atoms with E-state index in [9.17, 15) is 4.79 Å². The van der Waals surface area contributed by atoms with E-state index in [1.54, 1.807) is 0 Å². The van der Waals surface area contributed by atoms with Crippen molar-refractivity contribution in [1.82, 2.24) is 0 Å². The molecule has 2 nitrogen and oxygen atoms in total. The molecule has 3 heteroatoms. The van der Waals surface area contributed by atoms with Crippen molar-refractivity contribution in [2.75, 3.05) is 0 Å². The Bertz CT molecular complexity index is 291. The molecule has 1 aliphatic carbocycles. The third-order valence-electron chi connectivity index (χ3n) is 2.86. The second kappa shape index (κ2) is 2.74. The van der Waals surface area contributed by atoms with Crippen LogP contribution >= 0.6 is 11.6 Å². The van der Waals surface area contributed by atoms with Gasteiger partial charge in [-0.1, -0.05) is 13.8 Å². The van der Waals surface area contributed by atoms with Gasteiger partial charge in [0.25, 0.3) is 0 Å². The van der Waals surface area contributed by atoms with Gasteiger partial charge in [0, 0.05) is 5.41 Å². The number of allylic oxidation sites excluding steroid dienone is 1. The molecule has 13 heavy (non-hydrogen) atoms. The predicted octanol–water partition coefficient (Wildman–Crippen LogP) is 2.61.